The predicted octanol–water partition coefficient (Wildman–Crippen LogP) is 3.46. The van der Waals surface area contributed by atoms with Gasteiger partial charge in [0.05, 0.1) is 5.69 Å². The van der Waals surface area contributed by atoms with E-state index in [1.165, 1.54) is 23.1 Å². The third-order valence-corrected chi connectivity index (χ3v) is 2.41. The third-order valence-electron chi connectivity index (χ3n) is 2.41. The van der Waals surface area contributed by atoms with Crippen LogP contribution in [0, 0.1) is 0 Å². The molecule has 0 radical (unpaired) electrons. The van der Waals surface area contributed by atoms with E-state index < -0.39 is 18.1 Å². The number of para-hydroxylation sites is 2. The van der Waals surface area contributed by atoms with Crippen molar-refractivity contribution in [2.24, 2.45) is 0 Å². The molecule has 0 fully saturated rings. The Labute approximate surface area is 109 Å². The van der Waals surface area contributed by atoms with E-state index in [1.807, 2.05) is 0 Å². The lowest BCUT2D eigenvalue weighted by Crippen LogP contribution is -2.34. The molecule has 106 valence electrons. The van der Waals surface area contributed by atoms with Crippen molar-refractivity contribution in [3.05, 3.63) is 24.3 Å². The zero-order valence-electron chi connectivity index (χ0n) is 10.6. The van der Waals surface area contributed by atoms with Crippen LogP contribution < -0.4 is 10.1 Å². The summed E-state index contributed by atoms with van der Waals surface area (Å²) in [6, 6.07) is 4.94. The summed E-state index contributed by atoms with van der Waals surface area (Å²) in [5.41, 5.74) is -0.0169. The number of carbonyl (C=O) groups is 1. The summed E-state index contributed by atoms with van der Waals surface area (Å²) in [7, 11) is 0. The van der Waals surface area contributed by atoms with Gasteiger partial charge < -0.3 is 15.0 Å². The van der Waals surface area contributed by atoms with E-state index >= 15 is 0 Å². The highest BCUT2D eigenvalue weighted by atomic mass is 19.4. The fraction of sp³-hybridized carbons (Fsp3) is 0.417. The lowest BCUT2D eigenvalue weighted by atomic mass is 10.3. The van der Waals surface area contributed by atoms with Crippen LogP contribution in [-0.4, -0.2) is 30.4 Å². The molecule has 19 heavy (non-hydrogen) atoms. The topological polar surface area (TPSA) is 41.6 Å². The van der Waals surface area contributed by atoms with Gasteiger partial charge >= 0.3 is 12.4 Å². The first kappa shape index (κ1) is 15.1. The van der Waals surface area contributed by atoms with Crippen LogP contribution in [0.1, 0.15) is 13.8 Å². The maximum atomic E-state index is 12.2. The minimum atomic E-state index is -4.80. The highest BCUT2D eigenvalue weighted by Gasteiger charge is 2.32. The number of nitrogens with one attached hydrogen (secondary N) is 1. The number of urea groups is 1. The Morgan fingerprint density at radius 1 is 1.26 bits per heavy atom. The molecule has 0 saturated carbocycles. The van der Waals surface area contributed by atoms with Crippen LogP contribution in [-0.2, 0) is 0 Å². The van der Waals surface area contributed by atoms with Crippen molar-refractivity contribution in [2.75, 3.05) is 18.4 Å². The van der Waals surface area contributed by atoms with Crippen molar-refractivity contribution in [2.45, 2.75) is 20.2 Å². The fourth-order valence-electron chi connectivity index (χ4n) is 1.49. The van der Waals surface area contributed by atoms with Crippen LogP contribution >= 0.6 is 0 Å². The lowest BCUT2D eigenvalue weighted by molar-refractivity contribution is -0.274. The van der Waals surface area contributed by atoms with Crippen molar-refractivity contribution in [1.29, 1.82) is 0 Å². The Bertz CT molecular complexity index is 431. The van der Waals surface area contributed by atoms with Crippen molar-refractivity contribution in [3.8, 4) is 5.75 Å². The van der Waals surface area contributed by atoms with Gasteiger partial charge in [-0.3, -0.25) is 0 Å². The minimum absolute atomic E-state index is 0.0169. The molecule has 1 aromatic carbocycles. The van der Waals surface area contributed by atoms with E-state index in [0.717, 1.165) is 6.07 Å². The molecular formula is C12H15F3N2O2. The van der Waals surface area contributed by atoms with Gasteiger partial charge in [-0.05, 0) is 26.0 Å². The standard InChI is InChI=1S/C12H15F3N2O2/c1-3-17(4-2)11(18)16-9-7-5-6-8-10(9)19-12(13,14)15/h5-8H,3-4H2,1-2H3,(H,16,18). The molecule has 0 saturated heterocycles. The summed E-state index contributed by atoms with van der Waals surface area (Å²) < 4.78 is 40.5. The number of halogens is 3. The summed E-state index contributed by atoms with van der Waals surface area (Å²) >= 11 is 0. The molecule has 0 aliphatic rings. The second kappa shape index (κ2) is 6.31. The summed E-state index contributed by atoms with van der Waals surface area (Å²) in [4.78, 5) is 13.2. The number of amides is 2. The summed E-state index contributed by atoms with van der Waals surface area (Å²) in [6.45, 7) is 4.48. The normalized spacial score (nSPS) is 11.0. The molecule has 0 bridgehead atoms. The highest BCUT2D eigenvalue weighted by molar-refractivity contribution is 5.90. The molecule has 0 atom stereocenters. The molecule has 1 aromatic rings. The number of benzene rings is 1. The Balaban J connectivity index is 2.86. The number of nitrogens with zero attached hydrogens (tertiary/aromatic N) is 1. The average Bonchev–Trinajstić information content (AvgIpc) is 2.31. The molecule has 0 spiro atoms. The largest absolute Gasteiger partial charge is 0.573 e. The molecular weight excluding hydrogens is 261 g/mol. The van der Waals surface area contributed by atoms with Gasteiger partial charge in [0.2, 0.25) is 0 Å². The molecule has 1 rings (SSSR count). The van der Waals surface area contributed by atoms with E-state index in [1.54, 1.807) is 13.8 Å². The summed E-state index contributed by atoms with van der Waals surface area (Å²) in [6.07, 6.45) is -4.80. The number of carbonyl (C=O) groups excluding carboxylic acids is 1. The first-order valence-electron chi connectivity index (χ1n) is 5.78. The quantitative estimate of drug-likeness (QED) is 0.915. The van der Waals surface area contributed by atoms with Crippen molar-refractivity contribution in [1.82, 2.24) is 4.90 Å². The number of hydrogen-bond donors (Lipinski definition) is 1. The van der Waals surface area contributed by atoms with Gasteiger partial charge in [-0.2, -0.15) is 0 Å². The molecule has 4 nitrogen and oxygen atoms in total. The van der Waals surface area contributed by atoms with E-state index in [9.17, 15) is 18.0 Å². The number of alkyl halides is 3. The monoisotopic (exact) mass is 276 g/mol. The first-order valence-corrected chi connectivity index (χ1v) is 5.78. The Morgan fingerprint density at radius 3 is 2.37 bits per heavy atom. The van der Waals surface area contributed by atoms with Gasteiger partial charge in [-0.25, -0.2) is 4.79 Å². The molecule has 2 amide bonds. The van der Waals surface area contributed by atoms with Crippen LogP contribution in [0.4, 0.5) is 23.7 Å². The van der Waals surface area contributed by atoms with Gasteiger partial charge in [0.1, 0.15) is 0 Å². The SMILES string of the molecule is CCN(CC)C(=O)Nc1ccccc1OC(F)(F)F. The molecule has 0 aliphatic heterocycles. The zero-order valence-corrected chi connectivity index (χ0v) is 10.6. The van der Waals surface area contributed by atoms with Gasteiger partial charge in [-0.1, -0.05) is 12.1 Å². The van der Waals surface area contributed by atoms with Crippen LogP contribution in [0.5, 0.6) is 5.75 Å². The van der Waals surface area contributed by atoms with Crippen molar-refractivity contribution >= 4 is 11.7 Å². The summed E-state index contributed by atoms with van der Waals surface area (Å²) in [5, 5.41) is 2.40. The van der Waals surface area contributed by atoms with E-state index in [2.05, 4.69) is 10.1 Å². The third kappa shape index (κ3) is 4.69. The maximum absolute atomic E-state index is 12.2. The lowest BCUT2D eigenvalue weighted by Gasteiger charge is -2.20. The molecule has 0 unspecified atom stereocenters. The number of ether oxygens (including phenoxy) is 1. The molecule has 0 aromatic heterocycles. The van der Waals surface area contributed by atoms with E-state index in [4.69, 9.17) is 0 Å². The van der Waals surface area contributed by atoms with Crippen LogP contribution in [0.3, 0.4) is 0 Å². The number of rotatable bonds is 4. The second-order valence-electron chi connectivity index (χ2n) is 3.65. The smallest absolute Gasteiger partial charge is 0.404 e. The van der Waals surface area contributed by atoms with Gasteiger partial charge in [0, 0.05) is 13.1 Å². The van der Waals surface area contributed by atoms with Crippen molar-refractivity contribution in [3.63, 3.8) is 0 Å². The predicted molar refractivity (Wildman–Crippen MR) is 65.1 cm³/mol. The minimum Gasteiger partial charge on any atom is -0.404 e. The van der Waals surface area contributed by atoms with Crippen molar-refractivity contribution < 1.29 is 22.7 Å². The van der Waals surface area contributed by atoms with E-state index in [-0.39, 0.29) is 5.69 Å². The van der Waals surface area contributed by atoms with Crippen LogP contribution in [0.25, 0.3) is 0 Å². The Kier molecular flexibility index (Phi) is 5.02. The second-order valence-corrected chi connectivity index (χ2v) is 3.65. The Morgan fingerprint density at radius 2 is 1.84 bits per heavy atom. The van der Waals surface area contributed by atoms with Gasteiger partial charge in [0.25, 0.3) is 0 Å². The molecule has 7 heteroatoms. The number of hydrogen-bond acceptors (Lipinski definition) is 2. The van der Waals surface area contributed by atoms with E-state index in [0.29, 0.717) is 13.1 Å². The van der Waals surface area contributed by atoms with Crippen LogP contribution in [0.15, 0.2) is 24.3 Å². The molecule has 0 heterocycles. The fourth-order valence-corrected chi connectivity index (χ4v) is 1.49. The molecule has 0 aliphatic carbocycles. The van der Waals surface area contributed by atoms with Gasteiger partial charge in [-0.15, -0.1) is 13.2 Å². The highest BCUT2D eigenvalue weighted by Crippen LogP contribution is 2.29. The summed E-state index contributed by atoms with van der Waals surface area (Å²) in [5.74, 6) is -0.435. The van der Waals surface area contributed by atoms with Gasteiger partial charge in [0.15, 0.2) is 5.75 Å². The average molecular weight is 276 g/mol. The maximum Gasteiger partial charge on any atom is 0.573 e. The molecule has 1 N–H and O–H groups in total. The van der Waals surface area contributed by atoms with Crippen LogP contribution in [0.2, 0.25) is 0 Å². The number of anilines is 1. The zero-order chi connectivity index (χ0) is 14.5. The first-order chi connectivity index (χ1) is 8.87. The Hall–Kier alpha value is -1.92.